The molecule has 2 aliphatic rings. The topological polar surface area (TPSA) is 234 Å². The van der Waals surface area contributed by atoms with Gasteiger partial charge in [-0.2, -0.15) is 0 Å². The number of nitrogens with one attached hydrogen (secondary N) is 3. The molecule has 2 saturated heterocycles. The van der Waals surface area contributed by atoms with Crippen molar-refractivity contribution in [3.8, 4) is 11.5 Å². The second-order valence-corrected chi connectivity index (χ2v) is 24.4. The maximum atomic E-state index is 14.5. The van der Waals surface area contributed by atoms with Gasteiger partial charge in [0.2, 0.25) is 11.8 Å². The zero-order valence-corrected chi connectivity index (χ0v) is 52.8. The Kier molecular flexibility index (Phi) is 29.0. The Morgan fingerprint density at radius 3 is 1.36 bits per heavy atom. The van der Waals surface area contributed by atoms with Crippen LogP contribution in [0.25, 0.3) is 0 Å². The number of rotatable bonds is 25. The third kappa shape index (κ3) is 22.6. The number of carbonyl (C=O) groups is 7. The molecule has 18 nitrogen and oxygen atoms in total. The molecule has 27 heteroatoms. The van der Waals surface area contributed by atoms with Crippen LogP contribution in [0.3, 0.4) is 0 Å². The number of nitrogens with zero attached hydrogens (tertiary/aromatic N) is 2. The quantitative estimate of drug-likeness (QED) is 0.0210. The Labute approximate surface area is 523 Å². The number of alkyl carbamates (subject to hydrolysis) is 1. The van der Waals surface area contributed by atoms with Crippen LogP contribution in [-0.2, 0) is 68.9 Å². The lowest BCUT2D eigenvalue weighted by atomic mass is 10.0. The van der Waals surface area contributed by atoms with Gasteiger partial charge < -0.3 is 55.2 Å². The lowest BCUT2D eigenvalue weighted by molar-refractivity contribution is -0.154. The molecule has 4 unspecified atom stereocenters. The van der Waals surface area contributed by atoms with E-state index in [1.165, 1.54) is 33.3 Å². The van der Waals surface area contributed by atoms with Crippen LogP contribution in [0.2, 0.25) is 0 Å². The van der Waals surface area contributed by atoms with Gasteiger partial charge in [-0.3, -0.25) is 19.2 Å². The highest BCUT2D eigenvalue weighted by Gasteiger charge is 2.38. The molecule has 484 valence electrons. The summed E-state index contributed by atoms with van der Waals surface area (Å²) in [5, 5.41) is 6.57. The van der Waals surface area contributed by atoms with E-state index in [2.05, 4.69) is 16.0 Å². The lowest BCUT2D eigenvalue weighted by Gasteiger charge is -2.27. The van der Waals surface area contributed by atoms with Gasteiger partial charge in [-0.25, -0.2) is 40.7 Å². The summed E-state index contributed by atoms with van der Waals surface area (Å²) in [6, 6.07) is 14.2. The molecular weight excluding hydrogens is 1220 g/mol. The molecule has 5 N–H and O–H groups in total. The fourth-order valence-corrected chi connectivity index (χ4v) is 11.2. The van der Waals surface area contributed by atoms with Crippen LogP contribution >= 0.6 is 35.9 Å². The first-order valence-corrected chi connectivity index (χ1v) is 30.4. The first-order valence-electron chi connectivity index (χ1n) is 28.3. The predicted molar refractivity (Wildman–Crippen MR) is 322 cm³/mol. The number of hydrogen-bond acceptors (Lipinski definition) is 15. The van der Waals surface area contributed by atoms with Gasteiger partial charge in [0.1, 0.15) is 28.7 Å². The SMILES string of the molecule is CCOC(=O)C(Oc1ccc(CNC(=O)C2SCCN2C(=O)C[C@@H](Cc2cc(F)c(F)cc2F)NC(=O)OC(C)(C)C)cc1)C(C)C.CCOC(=O)C(Oc1ccc(CNC(=O)C2SCCN2C(=O)C[C@H](N)Cc2cc(F)c(F)cc2F)cc1)C(C)C.Cl. The van der Waals surface area contributed by atoms with E-state index in [0.717, 1.165) is 17.2 Å². The van der Waals surface area contributed by atoms with Gasteiger partial charge in [0.05, 0.1) is 13.2 Å². The molecule has 0 saturated carbocycles. The van der Waals surface area contributed by atoms with Crippen molar-refractivity contribution in [2.45, 2.75) is 142 Å². The number of hydrogen-bond donors (Lipinski definition) is 4. The van der Waals surface area contributed by atoms with E-state index in [1.54, 1.807) is 83.1 Å². The molecule has 0 spiro atoms. The van der Waals surface area contributed by atoms with Crippen molar-refractivity contribution >= 4 is 77.6 Å². The molecular formula is C61H77ClF6N6O12S2. The summed E-state index contributed by atoms with van der Waals surface area (Å²) < 4.78 is 110. The van der Waals surface area contributed by atoms with Crippen LogP contribution in [0.5, 0.6) is 11.5 Å². The third-order valence-corrected chi connectivity index (χ3v) is 15.5. The summed E-state index contributed by atoms with van der Waals surface area (Å²) in [6.45, 7) is 17.3. The molecule has 0 bridgehead atoms. The van der Waals surface area contributed by atoms with Crippen LogP contribution in [0.4, 0.5) is 31.1 Å². The minimum atomic E-state index is -1.36. The van der Waals surface area contributed by atoms with Crippen LogP contribution in [-0.4, -0.2) is 130 Å². The van der Waals surface area contributed by atoms with Crippen molar-refractivity contribution in [2.75, 3.05) is 37.8 Å². The lowest BCUT2D eigenvalue weighted by Crippen LogP contribution is -2.48. The average Bonchev–Trinajstić information content (AvgIpc) is 2.86. The first kappa shape index (κ1) is 73.6. The molecule has 0 radical (unpaired) electrons. The van der Waals surface area contributed by atoms with Crippen molar-refractivity contribution in [1.29, 1.82) is 0 Å². The van der Waals surface area contributed by atoms with Crippen molar-refractivity contribution in [3.05, 3.63) is 130 Å². The van der Waals surface area contributed by atoms with Crippen molar-refractivity contribution < 1.29 is 83.6 Å². The molecule has 6 rings (SSSR count). The van der Waals surface area contributed by atoms with Crippen LogP contribution in [0.15, 0.2) is 72.8 Å². The number of carbonyl (C=O) groups excluding carboxylic acids is 7. The Bertz CT molecular complexity index is 3020. The number of halogens is 7. The van der Waals surface area contributed by atoms with E-state index >= 15 is 0 Å². The standard InChI is InChI=1S/C33H42F3N3O7S.C28H34F3N3O5S.ClH/c1-7-44-31(42)28(19(2)3)45-23-10-8-20(9-11-23)18-37-29(41)30-39(12-13-47-30)27(40)16-22(38-32(43)46-33(4,5)6)14-21-15-25(35)26(36)17-24(21)34;1-4-38-28(37)25(16(2)3)39-20-7-5-17(6-8-20)15-33-26(36)27-34(9-10-40-27)24(35)13-19(32)11-18-12-22(30)23(31)14-21(18)29;/h8-11,15,17,19,22,28,30H,7,12-14,16,18H2,1-6H3,(H,37,41)(H,38,43);5-8,12,14,16,19,25,27H,4,9-11,13,15,32H2,1-3H3,(H,33,36);1H/t22-,28?,30?;19-,25?,27?;/m11./s1. The zero-order valence-electron chi connectivity index (χ0n) is 50.4. The third-order valence-electron chi connectivity index (χ3n) is 13.1. The number of ether oxygens (including phenoxy) is 5. The van der Waals surface area contributed by atoms with Crippen molar-refractivity contribution in [3.63, 3.8) is 0 Å². The minimum Gasteiger partial charge on any atom is -0.478 e. The van der Waals surface area contributed by atoms with E-state index in [4.69, 9.17) is 29.4 Å². The molecule has 4 aromatic carbocycles. The molecule has 2 aliphatic heterocycles. The van der Waals surface area contributed by atoms with E-state index in [1.807, 2.05) is 27.7 Å². The van der Waals surface area contributed by atoms with Gasteiger partial charge in [0, 0.05) is 86.6 Å². The highest BCUT2D eigenvalue weighted by Crippen LogP contribution is 2.29. The van der Waals surface area contributed by atoms with Gasteiger partial charge in [0.25, 0.3) is 11.8 Å². The van der Waals surface area contributed by atoms with E-state index < -0.39 is 105 Å². The molecule has 88 heavy (non-hydrogen) atoms. The molecule has 0 aromatic heterocycles. The number of nitrogens with two attached hydrogens (primary N) is 1. The number of thioether (sulfide) groups is 2. The minimum absolute atomic E-state index is 0. The number of esters is 2. The van der Waals surface area contributed by atoms with Gasteiger partial charge in [-0.1, -0.05) is 52.0 Å². The molecule has 4 aromatic rings. The normalized spacial score (nSPS) is 16.0. The molecule has 6 atom stereocenters. The molecule has 5 amide bonds. The first-order chi connectivity index (χ1) is 41.1. The van der Waals surface area contributed by atoms with Gasteiger partial charge in [-0.05, 0) is 106 Å². The van der Waals surface area contributed by atoms with E-state index in [0.29, 0.717) is 47.7 Å². The second kappa shape index (κ2) is 34.7. The Morgan fingerprint density at radius 1 is 0.591 bits per heavy atom. The summed E-state index contributed by atoms with van der Waals surface area (Å²) in [7, 11) is 0. The Morgan fingerprint density at radius 2 is 0.977 bits per heavy atom. The monoisotopic (exact) mass is 1300 g/mol. The van der Waals surface area contributed by atoms with Gasteiger partial charge in [0.15, 0.2) is 46.2 Å². The summed E-state index contributed by atoms with van der Waals surface area (Å²) >= 11 is 2.58. The van der Waals surface area contributed by atoms with Crippen LogP contribution in [0.1, 0.15) is 97.4 Å². The highest BCUT2D eigenvalue weighted by molar-refractivity contribution is 8.01. The van der Waals surface area contributed by atoms with Gasteiger partial charge >= 0.3 is 18.0 Å². The summed E-state index contributed by atoms with van der Waals surface area (Å²) in [6.07, 6.45) is -3.41. The summed E-state index contributed by atoms with van der Waals surface area (Å²) in [5.41, 5.74) is 6.31. The fraction of sp³-hybridized carbons (Fsp3) is 0.492. The van der Waals surface area contributed by atoms with Crippen molar-refractivity contribution in [1.82, 2.24) is 25.8 Å². The van der Waals surface area contributed by atoms with E-state index in [9.17, 15) is 59.9 Å². The maximum absolute atomic E-state index is 14.5. The fourth-order valence-electron chi connectivity index (χ4n) is 8.84. The smallest absolute Gasteiger partial charge is 0.407 e. The Hall–Kier alpha value is -6.90. The maximum Gasteiger partial charge on any atom is 0.407 e. The summed E-state index contributed by atoms with van der Waals surface area (Å²) in [5.74, 6) is -7.82. The predicted octanol–water partition coefficient (Wildman–Crippen LogP) is 9.08. The van der Waals surface area contributed by atoms with Crippen molar-refractivity contribution in [2.24, 2.45) is 17.6 Å². The largest absolute Gasteiger partial charge is 0.478 e. The average molecular weight is 1300 g/mol. The van der Waals surface area contributed by atoms with Crippen LogP contribution in [0, 0.1) is 46.7 Å². The number of amides is 5. The zero-order chi connectivity index (χ0) is 64.3. The molecule has 2 fully saturated rings. The number of benzene rings is 4. The second-order valence-electron chi connectivity index (χ2n) is 22.0. The Balaban J connectivity index is 0.000000377. The molecule has 2 heterocycles. The molecule has 0 aliphatic carbocycles. The highest BCUT2D eigenvalue weighted by atomic mass is 35.5. The van der Waals surface area contributed by atoms with Crippen LogP contribution < -0.4 is 31.2 Å². The van der Waals surface area contributed by atoms with E-state index in [-0.39, 0.29) is 106 Å². The summed E-state index contributed by atoms with van der Waals surface area (Å²) in [4.78, 5) is 92.0. The van der Waals surface area contributed by atoms with Gasteiger partial charge in [-0.15, -0.1) is 35.9 Å².